The molecular formula is C23H25FN2O5S2. The number of amidine groups is 1. The second-order valence-electron chi connectivity index (χ2n) is 7.08. The maximum absolute atomic E-state index is 13.2. The largest absolute Gasteiger partial charge is 0.493 e. The summed E-state index contributed by atoms with van der Waals surface area (Å²) >= 11 is 0.968. The molecule has 176 valence electrons. The molecule has 0 aliphatic carbocycles. The van der Waals surface area contributed by atoms with Crippen molar-refractivity contribution in [1.82, 2.24) is 4.90 Å². The molecule has 0 N–H and O–H groups in total. The fourth-order valence-corrected chi connectivity index (χ4v) is 5.23. The number of sulfonamides is 1. The first kappa shape index (κ1) is 24.8. The van der Waals surface area contributed by atoms with Gasteiger partial charge in [0.1, 0.15) is 5.82 Å². The smallest absolute Gasteiger partial charge is 0.284 e. The molecule has 0 bridgehead atoms. The number of carbonyl (C=O) groups is 1. The number of ether oxygens (including phenoxy) is 2. The van der Waals surface area contributed by atoms with E-state index in [1.807, 2.05) is 0 Å². The van der Waals surface area contributed by atoms with Crippen LogP contribution in [-0.2, 0) is 14.8 Å². The molecule has 33 heavy (non-hydrogen) atoms. The number of thioether (sulfide) groups is 1. The molecule has 1 aliphatic rings. The Kier molecular flexibility index (Phi) is 8.15. The topological polar surface area (TPSA) is 85.3 Å². The molecule has 1 saturated heterocycles. The summed E-state index contributed by atoms with van der Waals surface area (Å²) in [6, 6.07) is 9.70. The van der Waals surface area contributed by atoms with Crippen LogP contribution in [0.5, 0.6) is 11.5 Å². The standard InChI is InChI=1S/C23H25FN2O5S2/c1-4-6-13-31-19-12-7-16(14-20(19)30-3)15-21-22(27)26(5-2)23(32-21)25-33(28,29)18-10-8-17(24)9-11-18/h7-12,14-15H,4-6,13H2,1-3H3. The van der Waals surface area contributed by atoms with E-state index in [0.29, 0.717) is 28.6 Å². The second kappa shape index (κ2) is 10.8. The lowest BCUT2D eigenvalue weighted by molar-refractivity contribution is -0.122. The summed E-state index contributed by atoms with van der Waals surface area (Å²) in [5.41, 5.74) is 0.698. The van der Waals surface area contributed by atoms with Gasteiger partial charge in [-0.1, -0.05) is 19.4 Å². The van der Waals surface area contributed by atoms with E-state index in [4.69, 9.17) is 9.47 Å². The van der Waals surface area contributed by atoms with Crippen LogP contribution in [0.4, 0.5) is 4.39 Å². The van der Waals surface area contributed by atoms with Gasteiger partial charge in [-0.2, -0.15) is 8.42 Å². The number of benzene rings is 2. The van der Waals surface area contributed by atoms with Crippen molar-refractivity contribution in [2.45, 2.75) is 31.6 Å². The minimum absolute atomic E-state index is 0.0459. The van der Waals surface area contributed by atoms with Crippen molar-refractivity contribution in [3.8, 4) is 11.5 Å². The summed E-state index contributed by atoms with van der Waals surface area (Å²) in [7, 11) is -2.57. The normalized spacial score (nSPS) is 16.6. The average molecular weight is 493 g/mol. The quantitative estimate of drug-likeness (QED) is 0.373. The van der Waals surface area contributed by atoms with Crippen molar-refractivity contribution < 1.29 is 27.1 Å². The first-order valence-electron chi connectivity index (χ1n) is 10.4. The summed E-state index contributed by atoms with van der Waals surface area (Å²) < 4.78 is 53.4. The zero-order chi connectivity index (χ0) is 24.0. The van der Waals surface area contributed by atoms with Crippen molar-refractivity contribution in [2.24, 2.45) is 4.40 Å². The van der Waals surface area contributed by atoms with Crippen molar-refractivity contribution in [3.63, 3.8) is 0 Å². The number of methoxy groups -OCH3 is 1. The summed E-state index contributed by atoms with van der Waals surface area (Å²) in [6.45, 7) is 4.63. The predicted molar refractivity (Wildman–Crippen MR) is 127 cm³/mol. The number of likely N-dealkylation sites (N-methyl/N-ethyl adjacent to an activating group) is 1. The van der Waals surface area contributed by atoms with E-state index in [0.717, 1.165) is 48.9 Å². The van der Waals surface area contributed by atoms with Crippen LogP contribution in [0.1, 0.15) is 32.3 Å². The average Bonchev–Trinajstić information content (AvgIpc) is 3.08. The summed E-state index contributed by atoms with van der Waals surface area (Å²) in [6.07, 6.45) is 3.59. The van der Waals surface area contributed by atoms with Gasteiger partial charge in [0.2, 0.25) is 0 Å². The number of halogens is 1. The van der Waals surface area contributed by atoms with Gasteiger partial charge < -0.3 is 9.47 Å². The number of nitrogens with zero attached hydrogens (tertiary/aromatic N) is 2. The molecule has 2 aromatic carbocycles. The zero-order valence-electron chi connectivity index (χ0n) is 18.6. The third-order valence-electron chi connectivity index (χ3n) is 4.75. The van der Waals surface area contributed by atoms with Crippen molar-refractivity contribution >= 4 is 38.9 Å². The van der Waals surface area contributed by atoms with E-state index in [-0.39, 0.29) is 22.5 Å². The van der Waals surface area contributed by atoms with Crippen molar-refractivity contribution in [1.29, 1.82) is 0 Å². The molecule has 10 heteroatoms. The van der Waals surface area contributed by atoms with E-state index in [9.17, 15) is 17.6 Å². The molecule has 0 unspecified atom stereocenters. The van der Waals surface area contributed by atoms with Crippen molar-refractivity contribution in [3.05, 3.63) is 58.8 Å². The molecule has 1 heterocycles. The highest BCUT2D eigenvalue weighted by molar-refractivity contribution is 8.19. The Morgan fingerprint density at radius 2 is 1.85 bits per heavy atom. The van der Waals surface area contributed by atoms with E-state index in [1.165, 1.54) is 12.0 Å². The van der Waals surface area contributed by atoms with Crippen LogP contribution in [0.15, 0.2) is 56.7 Å². The highest BCUT2D eigenvalue weighted by atomic mass is 32.2. The Labute approximate surface area is 197 Å². The van der Waals surface area contributed by atoms with Crippen molar-refractivity contribution in [2.75, 3.05) is 20.3 Å². The molecule has 2 aromatic rings. The van der Waals surface area contributed by atoms with Crippen LogP contribution in [0.25, 0.3) is 6.08 Å². The minimum atomic E-state index is -4.11. The Bertz CT molecular complexity index is 1180. The number of rotatable bonds is 9. The summed E-state index contributed by atoms with van der Waals surface area (Å²) in [5, 5.41) is 0.0459. The first-order chi connectivity index (χ1) is 15.8. The molecule has 0 radical (unpaired) electrons. The second-order valence-corrected chi connectivity index (χ2v) is 9.69. The van der Waals surface area contributed by atoms with Crippen LogP contribution in [0.2, 0.25) is 0 Å². The summed E-state index contributed by atoms with van der Waals surface area (Å²) in [4.78, 5) is 14.3. The van der Waals surface area contributed by atoms with Gasteiger partial charge in [-0.25, -0.2) is 4.39 Å². The molecule has 0 saturated carbocycles. The first-order valence-corrected chi connectivity index (χ1v) is 12.7. The van der Waals surface area contributed by atoms with Gasteiger partial charge in [-0.05, 0) is 73.1 Å². The molecule has 1 fully saturated rings. The maximum Gasteiger partial charge on any atom is 0.284 e. The Morgan fingerprint density at radius 3 is 2.48 bits per heavy atom. The fourth-order valence-electron chi connectivity index (χ4n) is 2.99. The molecule has 1 amide bonds. The maximum atomic E-state index is 13.2. The van der Waals surface area contributed by atoms with Crippen LogP contribution >= 0.6 is 11.8 Å². The molecule has 1 aliphatic heterocycles. The lowest BCUT2D eigenvalue weighted by Gasteiger charge is -2.12. The fraction of sp³-hybridized carbons (Fsp3) is 0.304. The zero-order valence-corrected chi connectivity index (χ0v) is 20.2. The van der Waals surface area contributed by atoms with E-state index < -0.39 is 15.8 Å². The lowest BCUT2D eigenvalue weighted by Crippen LogP contribution is -2.29. The van der Waals surface area contributed by atoms with Crippen LogP contribution < -0.4 is 9.47 Å². The van der Waals surface area contributed by atoms with Gasteiger partial charge in [0, 0.05) is 6.54 Å². The van der Waals surface area contributed by atoms with Crippen LogP contribution in [-0.4, -0.2) is 44.7 Å². The molecule has 0 atom stereocenters. The number of unbranched alkanes of at least 4 members (excludes halogenated alkanes) is 1. The highest BCUT2D eigenvalue weighted by Gasteiger charge is 2.34. The predicted octanol–water partition coefficient (Wildman–Crippen LogP) is 4.69. The van der Waals surface area contributed by atoms with Gasteiger partial charge in [0.05, 0.1) is 23.5 Å². The molecular weight excluding hydrogens is 467 g/mol. The number of carbonyl (C=O) groups excluding carboxylic acids is 1. The number of hydrogen-bond acceptors (Lipinski definition) is 6. The van der Waals surface area contributed by atoms with Gasteiger partial charge in [0.15, 0.2) is 16.7 Å². The van der Waals surface area contributed by atoms with Gasteiger partial charge in [0.25, 0.3) is 15.9 Å². The lowest BCUT2D eigenvalue weighted by atomic mass is 10.2. The third kappa shape index (κ3) is 5.94. The van der Waals surface area contributed by atoms with Gasteiger partial charge >= 0.3 is 0 Å². The monoisotopic (exact) mass is 492 g/mol. The molecule has 3 rings (SSSR count). The van der Waals surface area contributed by atoms with E-state index in [1.54, 1.807) is 31.2 Å². The number of hydrogen-bond donors (Lipinski definition) is 0. The van der Waals surface area contributed by atoms with Crippen LogP contribution in [0, 0.1) is 5.82 Å². The SMILES string of the molecule is CCCCOc1ccc(C=C2SC(=NS(=O)(=O)c3ccc(F)cc3)N(CC)C2=O)cc1OC. The van der Waals surface area contributed by atoms with Crippen LogP contribution in [0.3, 0.4) is 0 Å². The Morgan fingerprint density at radius 1 is 1.12 bits per heavy atom. The molecule has 0 aromatic heterocycles. The Balaban J connectivity index is 1.89. The molecule has 0 spiro atoms. The third-order valence-corrected chi connectivity index (χ3v) is 7.16. The van der Waals surface area contributed by atoms with E-state index >= 15 is 0 Å². The van der Waals surface area contributed by atoms with E-state index in [2.05, 4.69) is 11.3 Å². The summed E-state index contributed by atoms with van der Waals surface area (Å²) in [5.74, 6) is 0.250. The molecule has 7 nitrogen and oxygen atoms in total. The Hall–Kier alpha value is -2.85. The van der Waals surface area contributed by atoms with Gasteiger partial charge in [-0.3, -0.25) is 9.69 Å². The highest BCUT2D eigenvalue weighted by Crippen LogP contribution is 2.35. The van der Waals surface area contributed by atoms with Gasteiger partial charge in [-0.15, -0.1) is 4.40 Å². The number of amides is 1. The minimum Gasteiger partial charge on any atom is -0.493 e.